The average Bonchev–Trinajstić information content (AvgIpc) is 2.55. The molecule has 0 saturated heterocycles. The van der Waals surface area contributed by atoms with Crippen molar-refractivity contribution in [3.8, 4) is 0 Å². The summed E-state index contributed by atoms with van der Waals surface area (Å²) < 4.78 is 0. The van der Waals surface area contributed by atoms with Gasteiger partial charge in [0.05, 0.1) is 0 Å². The van der Waals surface area contributed by atoms with Gasteiger partial charge in [0.1, 0.15) is 6.61 Å². The third-order valence-electron chi connectivity index (χ3n) is 3.59. The highest BCUT2D eigenvalue weighted by Gasteiger charge is 2.02. The molecule has 2 N–H and O–H groups in total. The molecule has 22 heavy (non-hydrogen) atoms. The van der Waals surface area contributed by atoms with Crippen molar-refractivity contribution in [2.75, 3.05) is 13.2 Å². The van der Waals surface area contributed by atoms with Gasteiger partial charge in [-0.25, -0.2) is 0 Å². The van der Waals surface area contributed by atoms with Gasteiger partial charge in [0.25, 0.3) is 0 Å². The largest absolute Gasteiger partial charge is 0.389 e. The molecule has 0 aliphatic rings. The minimum absolute atomic E-state index is 0.109. The quantitative estimate of drug-likeness (QED) is 0.583. The number of hydrogen-bond donors (Lipinski definition) is 2. The van der Waals surface area contributed by atoms with Gasteiger partial charge in [-0.15, -0.1) is 0 Å². The third-order valence-corrected chi connectivity index (χ3v) is 3.59. The monoisotopic (exact) mass is 305 g/mol. The number of carbonyl (C=O) groups excluding carboxylic acids is 2. The fraction of sp³-hybridized carbons (Fsp3) is 0.556. The molecule has 1 aromatic carbocycles. The Kier molecular flexibility index (Phi) is 9.96. The summed E-state index contributed by atoms with van der Waals surface area (Å²) in [6.07, 6.45) is 6.54. The lowest BCUT2D eigenvalue weighted by atomic mass is 10.1. The zero-order valence-electron chi connectivity index (χ0n) is 13.2. The van der Waals surface area contributed by atoms with Crippen LogP contribution < -0.4 is 5.32 Å². The summed E-state index contributed by atoms with van der Waals surface area (Å²) in [4.78, 5) is 22.5. The summed E-state index contributed by atoms with van der Waals surface area (Å²) in [5.41, 5.74) is 1.32. The van der Waals surface area contributed by atoms with Gasteiger partial charge < -0.3 is 10.4 Å². The molecule has 0 heterocycles. The molecule has 0 atom stereocenters. The van der Waals surface area contributed by atoms with Gasteiger partial charge in [-0.3, -0.25) is 9.59 Å². The topological polar surface area (TPSA) is 66.4 Å². The van der Waals surface area contributed by atoms with Crippen molar-refractivity contribution in [1.29, 1.82) is 0 Å². The van der Waals surface area contributed by atoms with E-state index < -0.39 is 0 Å². The molecule has 4 heteroatoms. The Morgan fingerprint density at radius 1 is 0.909 bits per heavy atom. The number of aryl methyl sites for hydroxylation is 1. The van der Waals surface area contributed by atoms with Gasteiger partial charge in [0, 0.05) is 19.4 Å². The number of aliphatic hydroxyl groups excluding tert-OH is 1. The highest BCUT2D eigenvalue weighted by molar-refractivity contribution is 5.79. The second kappa shape index (κ2) is 11.9. The third kappa shape index (κ3) is 9.29. The number of aliphatic hydroxyl groups is 1. The second-order valence-corrected chi connectivity index (χ2v) is 5.55. The molecular weight excluding hydrogens is 278 g/mol. The molecule has 0 bridgehead atoms. The number of amides is 1. The number of ketones is 1. The maximum absolute atomic E-state index is 11.6. The Hall–Kier alpha value is -1.68. The number of rotatable bonds is 12. The maximum atomic E-state index is 11.6. The van der Waals surface area contributed by atoms with E-state index in [9.17, 15) is 9.59 Å². The van der Waals surface area contributed by atoms with E-state index in [-0.39, 0.29) is 18.3 Å². The van der Waals surface area contributed by atoms with E-state index in [1.165, 1.54) is 5.56 Å². The Labute approximate surface area is 132 Å². The lowest BCUT2D eigenvalue weighted by molar-refractivity contribution is -0.122. The lowest BCUT2D eigenvalue weighted by Gasteiger charge is -2.05. The van der Waals surface area contributed by atoms with Crippen molar-refractivity contribution < 1.29 is 14.7 Å². The van der Waals surface area contributed by atoms with E-state index in [0.717, 1.165) is 38.5 Å². The van der Waals surface area contributed by atoms with Crippen LogP contribution in [0.5, 0.6) is 0 Å². The van der Waals surface area contributed by atoms with E-state index in [1.54, 1.807) is 0 Å². The SMILES string of the molecule is O=C(CO)CCCCCNC(=O)CCCCc1ccccc1. The molecule has 0 aliphatic carbocycles. The first-order chi connectivity index (χ1) is 10.7. The van der Waals surface area contributed by atoms with Gasteiger partial charge in [-0.05, 0) is 37.7 Å². The zero-order chi connectivity index (χ0) is 16.0. The van der Waals surface area contributed by atoms with Crippen LogP contribution in [0.15, 0.2) is 30.3 Å². The van der Waals surface area contributed by atoms with E-state index >= 15 is 0 Å². The van der Waals surface area contributed by atoms with Crippen LogP contribution in [0.25, 0.3) is 0 Å². The number of hydrogen-bond acceptors (Lipinski definition) is 3. The van der Waals surface area contributed by atoms with Crippen LogP contribution in [0, 0.1) is 0 Å². The fourth-order valence-corrected chi connectivity index (χ4v) is 2.28. The Bertz CT molecular complexity index is 431. The first-order valence-corrected chi connectivity index (χ1v) is 8.15. The van der Waals surface area contributed by atoms with Crippen LogP contribution in [-0.4, -0.2) is 29.9 Å². The maximum Gasteiger partial charge on any atom is 0.219 e. The van der Waals surface area contributed by atoms with E-state index in [2.05, 4.69) is 17.4 Å². The number of Topliss-reactive ketones (excluding diaryl/α,β-unsaturated/α-hetero) is 1. The average molecular weight is 305 g/mol. The predicted molar refractivity (Wildman–Crippen MR) is 87.6 cm³/mol. The Balaban J connectivity index is 1.92. The molecular formula is C18H27NO3. The highest BCUT2D eigenvalue weighted by atomic mass is 16.3. The molecule has 4 nitrogen and oxygen atoms in total. The van der Waals surface area contributed by atoms with E-state index in [0.29, 0.717) is 19.4 Å². The fourth-order valence-electron chi connectivity index (χ4n) is 2.28. The van der Waals surface area contributed by atoms with Crippen LogP contribution >= 0.6 is 0 Å². The van der Waals surface area contributed by atoms with Crippen molar-refractivity contribution in [1.82, 2.24) is 5.32 Å². The highest BCUT2D eigenvalue weighted by Crippen LogP contribution is 2.06. The van der Waals surface area contributed by atoms with Gasteiger partial charge in [0.15, 0.2) is 5.78 Å². The molecule has 0 radical (unpaired) electrons. The number of nitrogens with one attached hydrogen (secondary N) is 1. The molecule has 122 valence electrons. The summed E-state index contributed by atoms with van der Waals surface area (Å²) in [6.45, 7) is 0.310. The summed E-state index contributed by atoms with van der Waals surface area (Å²) in [5, 5.41) is 11.5. The number of unbranched alkanes of at least 4 members (excludes halogenated alkanes) is 3. The molecule has 0 unspecified atom stereocenters. The minimum atomic E-state index is -0.361. The summed E-state index contributed by atoms with van der Waals surface area (Å²) in [6, 6.07) is 10.3. The molecule has 1 rings (SSSR count). The van der Waals surface area contributed by atoms with Gasteiger partial charge >= 0.3 is 0 Å². The first kappa shape index (κ1) is 18.4. The predicted octanol–water partition coefficient (Wildman–Crippen LogP) is 2.64. The molecule has 0 spiro atoms. The van der Waals surface area contributed by atoms with Crippen LogP contribution in [0.2, 0.25) is 0 Å². The number of carbonyl (C=O) groups is 2. The minimum Gasteiger partial charge on any atom is -0.389 e. The van der Waals surface area contributed by atoms with Crippen LogP contribution in [-0.2, 0) is 16.0 Å². The van der Waals surface area contributed by atoms with Crippen molar-refractivity contribution in [2.45, 2.75) is 51.4 Å². The first-order valence-electron chi connectivity index (χ1n) is 8.15. The normalized spacial score (nSPS) is 10.4. The van der Waals surface area contributed by atoms with Crippen LogP contribution in [0.4, 0.5) is 0 Å². The van der Waals surface area contributed by atoms with Gasteiger partial charge in [0.2, 0.25) is 5.91 Å². The Morgan fingerprint density at radius 2 is 1.64 bits per heavy atom. The molecule has 0 aliphatic heterocycles. The Morgan fingerprint density at radius 3 is 2.36 bits per heavy atom. The van der Waals surface area contributed by atoms with Crippen molar-refractivity contribution >= 4 is 11.7 Å². The van der Waals surface area contributed by atoms with Crippen LogP contribution in [0.1, 0.15) is 50.5 Å². The second-order valence-electron chi connectivity index (χ2n) is 5.55. The molecule has 0 fully saturated rings. The van der Waals surface area contributed by atoms with E-state index in [1.807, 2.05) is 18.2 Å². The van der Waals surface area contributed by atoms with Gasteiger partial charge in [-0.1, -0.05) is 36.8 Å². The standard InChI is InChI=1S/C18H27NO3/c20-15-17(21)12-5-2-8-14-19-18(22)13-7-6-11-16-9-3-1-4-10-16/h1,3-4,9-10,20H,2,5-8,11-15H2,(H,19,22). The zero-order valence-corrected chi connectivity index (χ0v) is 13.2. The summed E-state index contributed by atoms with van der Waals surface area (Å²) >= 11 is 0. The van der Waals surface area contributed by atoms with E-state index in [4.69, 9.17) is 5.11 Å². The van der Waals surface area contributed by atoms with Crippen molar-refractivity contribution in [3.05, 3.63) is 35.9 Å². The van der Waals surface area contributed by atoms with Crippen molar-refractivity contribution in [3.63, 3.8) is 0 Å². The van der Waals surface area contributed by atoms with Crippen molar-refractivity contribution in [2.24, 2.45) is 0 Å². The summed E-state index contributed by atoms with van der Waals surface area (Å²) in [5.74, 6) is 0.00180. The van der Waals surface area contributed by atoms with Crippen LogP contribution in [0.3, 0.4) is 0 Å². The molecule has 1 aromatic rings. The molecule has 0 aromatic heterocycles. The smallest absolute Gasteiger partial charge is 0.219 e. The number of benzene rings is 1. The molecule has 1 amide bonds. The van der Waals surface area contributed by atoms with Gasteiger partial charge in [-0.2, -0.15) is 0 Å². The summed E-state index contributed by atoms with van der Waals surface area (Å²) in [7, 11) is 0. The lowest BCUT2D eigenvalue weighted by Crippen LogP contribution is -2.24. The molecule has 0 saturated carbocycles.